The maximum absolute atomic E-state index is 10.9. The molecular formula is C15H23N3O. The number of piperidine rings is 1. The van der Waals surface area contributed by atoms with Gasteiger partial charge in [-0.05, 0) is 36.5 Å². The van der Waals surface area contributed by atoms with Crippen molar-refractivity contribution in [1.29, 1.82) is 0 Å². The average molecular weight is 261 g/mol. The lowest BCUT2D eigenvalue weighted by Gasteiger charge is -2.33. The maximum Gasteiger partial charge on any atom is 0.216 e. The van der Waals surface area contributed by atoms with Gasteiger partial charge in [0.1, 0.15) is 0 Å². The van der Waals surface area contributed by atoms with E-state index in [0.717, 1.165) is 32.5 Å². The fourth-order valence-corrected chi connectivity index (χ4v) is 2.53. The predicted molar refractivity (Wildman–Crippen MR) is 78.0 cm³/mol. The second kappa shape index (κ2) is 6.57. The van der Waals surface area contributed by atoms with Crippen LogP contribution in [0.2, 0.25) is 0 Å². The summed E-state index contributed by atoms with van der Waals surface area (Å²) in [6, 6.07) is 8.49. The fourth-order valence-electron chi connectivity index (χ4n) is 2.53. The molecule has 1 fully saturated rings. The zero-order chi connectivity index (χ0) is 13.7. The quantitative estimate of drug-likeness (QED) is 0.863. The van der Waals surface area contributed by atoms with Crippen molar-refractivity contribution in [3.63, 3.8) is 0 Å². The highest BCUT2D eigenvalue weighted by Crippen LogP contribution is 2.23. The third kappa shape index (κ3) is 3.96. The van der Waals surface area contributed by atoms with Crippen LogP contribution in [0.3, 0.4) is 0 Å². The highest BCUT2D eigenvalue weighted by molar-refractivity contribution is 5.72. The summed E-state index contributed by atoms with van der Waals surface area (Å²) < 4.78 is 0. The predicted octanol–water partition coefficient (Wildman–Crippen LogP) is 1.50. The number of anilines is 1. The first kappa shape index (κ1) is 13.9. The Kier molecular flexibility index (Phi) is 4.80. The van der Waals surface area contributed by atoms with Crippen LogP contribution in [0.5, 0.6) is 0 Å². The first-order valence-corrected chi connectivity index (χ1v) is 6.97. The molecular weight excluding hydrogens is 238 g/mol. The number of carbonyl (C=O) groups excluding carboxylic acids is 1. The lowest BCUT2D eigenvalue weighted by atomic mass is 9.96. The molecule has 0 spiro atoms. The second-order valence-electron chi connectivity index (χ2n) is 5.24. The normalized spacial score (nSPS) is 16.4. The van der Waals surface area contributed by atoms with Gasteiger partial charge in [0, 0.05) is 38.8 Å². The molecule has 19 heavy (non-hydrogen) atoms. The Morgan fingerprint density at radius 3 is 2.47 bits per heavy atom. The number of carbonyl (C=O) groups is 1. The molecule has 0 unspecified atom stereocenters. The summed E-state index contributed by atoms with van der Waals surface area (Å²) in [7, 11) is 0. The molecule has 0 aromatic heterocycles. The third-order valence-electron chi connectivity index (χ3n) is 3.79. The third-order valence-corrected chi connectivity index (χ3v) is 3.79. The standard InChI is InChI=1S/C15H23N3O/c1-12(19)17-11-14-6-8-18(9-7-14)15-4-2-13(10-16)3-5-15/h2-5,14H,6-11,16H2,1H3,(H,17,19). The molecule has 1 aliphatic heterocycles. The van der Waals surface area contributed by atoms with Crippen molar-refractivity contribution >= 4 is 11.6 Å². The van der Waals surface area contributed by atoms with Crippen LogP contribution in [0.25, 0.3) is 0 Å². The Morgan fingerprint density at radius 2 is 1.95 bits per heavy atom. The Balaban J connectivity index is 1.83. The summed E-state index contributed by atoms with van der Waals surface area (Å²) in [4.78, 5) is 13.3. The monoisotopic (exact) mass is 261 g/mol. The Hall–Kier alpha value is -1.55. The van der Waals surface area contributed by atoms with Gasteiger partial charge in [-0.15, -0.1) is 0 Å². The van der Waals surface area contributed by atoms with Crippen molar-refractivity contribution in [3.8, 4) is 0 Å². The minimum atomic E-state index is 0.0693. The van der Waals surface area contributed by atoms with Gasteiger partial charge in [0.2, 0.25) is 5.91 Å². The van der Waals surface area contributed by atoms with Gasteiger partial charge >= 0.3 is 0 Å². The number of amides is 1. The second-order valence-corrected chi connectivity index (χ2v) is 5.24. The van der Waals surface area contributed by atoms with Crippen molar-refractivity contribution in [1.82, 2.24) is 5.32 Å². The van der Waals surface area contributed by atoms with Gasteiger partial charge in [0.15, 0.2) is 0 Å². The highest BCUT2D eigenvalue weighted by Gasteiger charge is 2.19. The first-order chi connectivity index (χ1) is 9.19. The van der Waals surface area contributed by atoms with E-state index < -0.39 is 0 Å². The van der Waals surface area contributed by atoms with Gasteiger partial charge in [-0.1, -0.05) is 12.1 Å². The summed E-state index contributed by atoms with van der Waals surface area (Å²) in [5.74, 6) is 0.684. The molecule has 1 amide bonds. The van der Waals surface area contributed by atoms with Crippen molar-refractivity contribution in [2.45, 2.75) is 26.3 Å². The van der Waals surface area contributed by atoms with Gasteiger partial charge in [-0.3, -0.25) is 4.79 Å². The number of nitrogens with zero attached hydrogens (tertiary/aromatic N) is 1. The van der Waals surface area contributed by atoms with Crippen LogP contribution in [-0.4, -0.2) is 25.5 Å². The van der Waals surface area contributed by atoms with Crippen LogP contribution in [0.4, 0.5) is 5.69 Å². The Bertz CT molecular complexity index is 408. The first-order valence-electron chi connectivity index (χ1n) is 6.97. The minimum Gasteiger partial charge on any atom is -0.372 e. The van der Waals surface area contributed by atoms with Crippen molar-refractivity contribution in [2.75, 3.05) is 24.5 Å². The largest absolute Gasteiger partial charge is 0.372 e. The van der Waals surface area contributed by atoms with E-state index in [4.69, 9.17) is 5.73 Å². The Labute approximate surface area is 115 Å². The molecule has 2 rings (SSSR count). The van der Waals surface area contributed by atoms with Crippen molar-refractivity contribution < 1.29 is 4.79 Å². The van der Waals surface area contributed by atoms with Crippen LogP contribution in [0.15, 0.2) is 24.3 Å². The van der Waals surface area contributed by atoms with E-state index in [2.05, 4.69) is 34.5 Å². The molecule has 0 saturated carbocycles. The number of rotatable bonds is 4. The molecule has 0 aliphatic carbocycles. The molecule has 1 heterocycles. The van der Waals surface area contributed by atoms with Gasteiger partial charge in [-0.25, -0.2) is 0 Å². The van der Waals surface area contributed by atoms with Crippen LogP contribution in [-0.2, 0) is 11.3 Å². The zero-order valence-corrected chi connectivity index (χ0v) is 11.6. The van der Waals surface area contributed by atoms with Crippen LogP contribution in [0, 0.1) is 5.92 Å². The summed E-state index contributed by atoms with van der Waals surface area (Å²) in [6.45, 7) is 5.11. The van der Waals surface area contributed by atoms with E-state index in [1.807, 2.05) is 0 Å². The SMILES string of the molecule is CC(=O)NCC1CCN(c2ccc(CN)cc2)CC1. The molecule has 3 N–H and O–H groups in total. The lowest BCUT2D eigenvalue weighted by molar-refractivity contribution is -0.119. The van der Waals surface area contributed by atoms with Crippen LogP contribution < -0.4 is 16.0 Å². The van der Waals surface area contributed by atoms with Gasteiger partial charge < -0.3 is 16.0 Å². The smallest absolute Gasteiger partial charge is 0.216 e. The molecule has 0 atom stereocenters. The van der Waals surface area contributed by atoms with Gasteiger partial charge in [-0.2, -0.15) is 0 Å². The number of benzene rings is 1. The molecule has 1 aliphatic rings. The minimum absolute atomic E-state index is 0.0693. The molecule has 0 bridgehead atoms. The summed E-state index contributed by atoms with van der Waals surface area (Å²) >= 11 is 0. The number of nitrogens with two attached hydrogens (primary N) is 1. The van der Waals surface area contributed by atoms with E-state index in [9.17, 15) is 4.79 Å². The zero-order valence-electron chi connectivity index (χ0n) is 11.6. The van der Waals surface area contributed by atoms with Crippen molar-refractivity contribution in [2.24, 2.45) is 11.7 Å². The van der Waals surface area contributed by atoms with E-state index in [-0.39, 0.29) is 5.91 Å². The molecule has 4 heteroatoms. The molecule has 0 radical (unpaired) electrons. The topological polar surface area (TPSA) is 58.4 Å². The highest BCUT2D eigenvalue weighted by atomic mass is 16.1. The molecule has 1 aromatic carbocycles. The fraction of sp³-hybridized carbons (Fsp3) is 0.533. The molecule has 1 saturated heterocycles. The van der Waals surface area contributed by atoms with Crippen LogP contribution >= 0.6 is 0 Å². The number of nitrogens with one attached hydrogen (secondary N) is 1. The lowest BCUT2D eigenvalue weighted by Crippen LogP contribution is -2.38. The Morgan fingerprint density at radius 1 is 1.32 bits per heavy atom. The van der Waals surface area contributed by atoms with Crippen LogP contribution in [0.1, 0.15) is 25.3 Å². The summed E-state index contributed by atoms with van der Waals surface area (Å²) in [5.41, 5.74) is 8.05. The molecule has 1 aromatic rings. The van der Waals surface area contributed by atoms with Gasteiger partial charge in [0.25, 0.3) is 0 Å². The number of hydrogen-bond donors (Lipinski definition) is 2. The average Bonchev–Trinajstić information content (AvgIpc) is 2.46. The van der Waals surface area contributed by atoms with Gasteiger partial charge in [0.05, 0.1) is 0 Å². The molecule has 104 valence electrons. The maximum atomic E-state index is 10.9. The summed E-state index contributed by atoms with van der Waals surface area (Å²) in [5, 5.41) is 2.91. The van der Waals surface area contributed by atoms with E-state index >= 15 is 0 Å². The molecule has 4 nitrogen and oxygen atoms in total. The van der Waals surface area contributed by atoms with Crippen molar-refractivity contribution in [3.05, 3.63) is 29.8 Å². The number of hydrogen-bond acceptors (Lipinski definition) is 3. The van der Waals surface area contributed by atoms with E-state index in [1.54, 1.807) is 6.92 Å². The van der Waals surface area contributed by atoms with E-state index in [0.29, 0.717) is 12.5 Å². The van der Waals surface area contributed by atoms with E-state index in [1.165, 1.54) is 11.3 Å². The summed E-state index contributed by atoms with van der Waals surface area (Å²) in [6.07, 6.45) is 2.28.